The Balaban J connectivity index is 0.000000615. The number of benzene rings is 4. The Kier molecular flexibility index (Phi) is 30.4. The number of nitrogens with zero attached hydrogens (tertiary/aromatic N) is 2. The SMILES string of the molecule is CCCCCCC=CC1=C(c2cc(CCCC)c(CCCC)c(CCCC)c2)[N+](=[N-])C(c2cc(CCCC)c(CCCC)c(CCCC)c2)=C1CCCCCC.c1ccc([CH2][Ni][CH2]c2ccccc2)cc1. The molecule has 0 saturated carbocycles. The Labute approximate surface area is 443 Å². The third kappa shape index (κ3) is 20.2. The van der Waals surface area contributed by atoms with Gasteiger partial charge in [-0.3, -0.25) is 0 Å². The third-order valence-corrected chi connectivity index (χ3v) is 15.7. The molecule has 71 heavy (non-hydrogen) atoms. The van der Waals surface area contributed by atoms with Crippen LogP contribution in [0.3, 0.4) is 0 Å². The van der Waals surface area contributed by atoms with E-state index in [1.807, 2.05) is 0 Å². The summed E-state index contributed by atoms with van der Waals surface area (Å²) in [6.07, 6.45) is 38.3. The van der Waals surface area contributed by atoms with Gasteiger partial charge in [-0.2, -0.15) is 0 Å². The quantitative estimate of drug-likeness (QED) is 0.0249. The van der Waals surface area contributed by atoms with Gasteiger partial charge < -0.3 is 5.53 Å². The Bertz CT molecular complexity index is 2090. The minimum atomic E-state index is 0.998. The standard InChI is InChI=1S/C54H86N2.2C7H7.Ni/c1-9-17-25-27-28-30-38-52-51(37-29-26-18-10-2)53(47-39-43(31-19-11-3)49(35-23-15-7)44(40-47)32-20-12-4)56(55)54(52)48-41-45(33-21-13-5)50(36-24-16-8)46(42-48)34-22-14-6;2*1-7-5-3-2-4-6-7;/h30,38-42H,9-29,31-37H2,1-8H3;2*2-6H,1H2;. The topological polar surface area (TPSA) is 25.3 Å². The molecule has 3 heteroatoms. The van der Waals surface area contributed by atoms with Crippen molar-refractivity contribution < 1.29 is 19.1 Å². The van der Waals surface area contributed by atoms with Crippen molar-refractivity contribution in [1.29, 1.82) is 0 Å². The predicted molar refractivity (Wildman–Crippen MR) is 309 cm³/mol. The van der Waals surface area contributed by atoms with Crippen molar-refractivity contribution in [3.8, 4) is 0 Å². The van der Waals surface area contributed by atoms with Gasteiger partial charge in [-0.25, -0.2) is 4.70 Å². The van der Waals surface area contributed by atoms with E-state index in [0.29, 0.717) is 0 Å². The van der Waals surface area contributed by atoms with Crippen molar-refractivity contribution in [3.63, 3.8) is 0 Å². The molecule has 5 rings (SSSR count). The van der Waals surface area contributed by atoms with Gasteiger partial charge in [0.25, 0.3) is 0 Å². The molecule has 1 heterocycles. The summed E-state index contributed by atoms with van der Waals surface area (Å²) in [4.78, 5) is 0. The van der Waals surface area contributed by atoms with Crippen LogP contribution in [-0.4, -0.2) is 4.70 Å². The monoisotopic (exact) mass is 1000 g/mol. The van der Waals surface area contributed by atoms with E-state index in [-0.39, 0.29) is 0 Å². The molecular formula is C68H100N2Ni. The van der Waals surface area contributed by atoms with Crippen LogP contribution in [0.5, 0.6) is 0 Å². The van der Waals surface area contributed by atoms with Crippen molar-refractivity contribution >= 4 is 11.4 Å². The average molecular weight is 1000 g/mol. The summed E-state index contributed by atoms with van der Waals surface area (Å²) < 4.78 is 1.69. The molecule has 0 aliphatic carbocycles. The van der Waals surface area contributed by atoms with Gasteiger partial charge in [-0.05, 0) is 160 Å². The van der Waals surface area contributed by atoms with Gasteiger partial charge in [0.2, 0.25) is 11.4 Å². The maximum atomic E-state index is 12.9. The van der Waals surface area contributed by atoms with Gasteiger partial charge in [0.1, 0.15) is 0 Å². The van der Waals surface area contributed by atoms with E-state index in [9.17, 15) is 5.53 Å². The van der Waals surface area contributed by atoms with E-state index in [2.05, 4.69) is 152 Å². The molecular weight excluding hydrogens is 903 g/mol. The Morgan fingerprint density at radius 3 is 1.20 bits per heavy atom. The zero-order valence-electron chi connectivity index (χ0n) is 46.7. The van der Waals surface area contributed by atoms with Crippen LogP contribution < -0.4 is 0 Å². The Morgan fingerprint density at radius 1 is 0.408 bits per heavy atom. The van der Waals surface area contributed by atoms with Gasteiger partial charge in [0, 0.05) is 16.7 Å². The zero-order valence-corrected chi connectivity index (χ0v) is 47.6. The van der Waals surface area contributed by atoms with Crippen LogP contribution in [0.1, 0.15) is 252 Å². The van der Waals surface area contributed by atoms with Crippen LogP contribution in [-0.2, 0) is 63.7 Å². The Morgan fingerprint density at radius 2 is 0.789 bits per heavy atom. The number of allylic oxidation sites excluding steroid dienone is 4. The summed E-state index contributed by atoms with van der Waals surface area (Å²) in [5, 5.41) is 2.23. The summed E-state index contributed by atoms with van der Waals surface area (Å²) in [6.45, 7) is 18.6. The summed E-state index contributed by atoms with van der Waals surface area (Å²) in [7, 11) is 0. The number of rotatable bonds is 35. The molecule has 0 aromatic heterocycles. The third-order valence-electron chi connectivity index (χ3n) is 14.4. The van der Waals surface area contributed by atoms with Crippen LogP contribution in [0.15, 0.2) is 108 Å². The maximum absolute atomic E-state index is 12.9. The molecule has 0 radical (unpaired) electrons. The molecule has 0 N–H and O–H groups in total. The number of hydrogen-bond acceptors (Lipinski definition) is 0. The second-order valence-corrected chi connectivity index (χ2v) is 21.7. The van der Waals surface area contributed by atoms with Crippen LogP contribution in [0.25, 0.3) is 16.9 Å². The van der Waals surface area contributed by atoms with Crippen LogP contribution >= 0.6 is 0 Å². The second-order valence-electron chi connectivity index (χ2n) is 20.5. The van der Waals surface area contributed by atoms with E-state index < -0.39 is 0 Å². The number of aryl methyl sites for hydroxylation is 4. The summed E-state index contributed by atoms with van der Waals surface area (Å²) >= 11 is 1.78. The van der Waals surface area contributed by atoms with Crippen molar-refractivity contribution in [3.05, 3.63) is 169 Å². The molecule has 0 fully saturated rings. The second kappa shape index (κ2) is 36.2. The van der Waals surface area contributed by atoms with Gasteiger partial charge in [0.05, 0.1) is 5.57 Å². The van der Waals surface area contributed by atoms with Gasteiger partial charge >= 0.3 is 97.0 Å². The molecule has 0 saturated heterocycles. The fourth-order valence-electron chi connectivity index (χ4n) is 10.2. The van der Waals surface area contributed by atoms with Crippen molar-refractivity contribution in [2.75, 3.05) is 0 Å². The molecule has 0 amide bonds. The molecule has 1 aliphatic heterocycles. The van der Waals surface area contributed by atoms with Crippen molar-refractivity contribution in [2.45, 2.75) is 246 Å². The molecule has 4 aromatic carbocycles. The van der Waals surface area contributed by atoms with Crippen LogP contribution in [0.2, 0.25) is 0 Å². The zero-order chi connectivity index (χ0) is 50.9. The van der Waals surface area contributed by atoms with E-state index in [4.69, 9.17) is 0 Å². The summed E-state index contributed by atoms with van der Waals surface area (Å²) in [6, 6.07) is 31.3. The fraction of sp³-hybridized carbons (Fsp3) is 0.559. The molecule has 4 aromatic rings. The van der Waals surface area contributed by atoms with E-state index in [0.717, 1.165) is 67.1 Å². The van der Waals surface area contributed by atoms with Crippen molar-refractivity contribution in [2.24, 2.45) is 0 Å². The molecule has 2 nitrogen and oxygen atoms in total. The summed E-state index contributed by atoms with van der Waals surface area (Å²) in [5.41, 5.74) is 32.2. The summed E-state index contributed by atoms with van der Waals surface area (Å²) in [5.74, 6) is 0. The molecule has 0 atom stereocenters. The predicted octanol–water partition coefficient (Wildman–Crippen LogP) is 20.9. The molecule has 0 spiro atoms. The normalized spacial score (nSPS) is 12.8. The fourth-order valence-corrected chi connectivity index (χ4v) is 11.3. The number of unbranched alkanes of at least 4 members (excludes halogenated alkanes) is 13. The molecule has 0 bridgehead atoms. The molecule has 0 unspecified atom stereocenters. The van der Waals surface area contributed by atoms with Crippen molar-refractivity contribution in [1.82, 2.24) is 0 Å². The van der Waals surface area contributed by atoms with Gasteiger partial charge in [-0.1, -0.05) is 145 Å². The first-order valence-corrected chi connectivity index (χ1v) is 30.7. The van der Waals surface area contributed by atoms with E-state index >= 15 is 0 Å². The van der Waals surface area contributed by atoms with Crippen LogP contribution in [0.4, 0.5) is 0 Å². The molecule has 1 aliphatic rings. The Hall–Kier alpha value is -3.81. The first kappa shape index (κ1) is 59.8. The van der Waals surface area contributed by atoms with E-state index in [1.165, 1.54) is 190 Å². The minimum absolute atomic E-state index is 0.998. The average Bonchev–Trinajstić information content (AvgIpc) is 3.67. The van der Waals surface area contributed by atoms with E-state index in [1.54, 1.807) is 30.3 Å². The first-order chi connectivity index (χ1) is 34.9. The number of hydrogen-bond donors (Lipinski definition) is 0. The van der Waals surface area contributed by atoms with Gasteiger partial charge in [-0.15, -0.1) is 0 Å². The van der Waals surface area contributed by atoms with Gasteiger partial charge in [0.15, 0.2) is 0 Å². The van der Waals surface area contributed by atoms with Crippen LogP contribution in [0, 0.1) is 0 Å². The molecule has 392 valence electrons. The first-order valence-electron chi connectivity index (χ1n) is 29.3.